The zero-order valence-corrected chi connectivity index (χ0v) is 11.9. The number of hydrogen-bond acceptors (Lipinski definition) is 4. The zero-order chi connectivity index (χ0) is 13.5. The summed E-state index contributed by atoms with van der Waals surface area (Å²) in [6.45, 7) is 0. The van der Waals surface area contributed by atoms with Crippen molar-refractivity contribution in [1.82, 2.24) is 0 Å². The molecule has 8 heteroatoms. The van der Waals surface area contributed by atoms with Crippen molar-refractivity contribution in [3.05, 3.63) is 34.3 Å². The van der Waals surface area contributed by atoms with Gasteiger partial charge in [0.25, 0.3) is 0 Å². The predicted molar refractivity (Wildman–Crippen MR) is 74.4 cm³/mol. The third-order valence-corrected chi connectivity index (χ3v) is 4.98. The number of anilines is 1. The lowest BCUT2D eigenvalue weighted by atomic mass is 10.2. The first-order valence-electron chi connectivity index (χ1n) is 4.59. The van der Waals surface area contributed by atoms with E-state index in [0.717, 1.165) is 0 Å². The molecule has 18 heavy (non-hydrogen) atoms. The molecule has 0 aliphatic heterocycles. The van der Waals surface area contributed by atoms with Gasteiger partial charge >= 0.3 is 0 Å². The summed E-state index contributed by atoms with van der Waals surface area (Å²) < 4.78 is 22.6. The first-order chi connectivity index (χ1) is 8.30. The van der Waals surface area contributed by atoms with Crippen LogP contribution >= 0.6 is 34.5 Å². The summed E-state index contributed by atoms with van der Waals surface area (Å²) in [4.78, 5) is 0.422. The van der Waals surface area contributed by atoms with Gasteiger partial charge in [0, 0.05) is 16.5 Å². The molecule has 0 aliphatic carbocycles. The molecule has 2 rings (SSSR count). The minimum absolute atomic E-state index is 0.0120. The van der Waals surface area contributed by atoms with Crippen LogP contribution in [0.4, 0.5) is 5.00 Å². The second-order valence-electron chi connectivity index (χ2n) is 3.40. The lowest BCUT2D eigenvalue weighted by Gasteiger charge is -2.05. The van der Waals surface area contributed by atoms with E-state index in [-0.39, 0.29) is 9.92 Å². The minimum Gasteiger partial charge on any atom is -0.389 e. The number of nitrogens with two attached hydrogens (primary N) is 2. The van der Waals surface area contributed by atoms with Gasteiger partial charge in [-0.25, -0.2) is 13.6 Å². The third kappa shape index (κ3) is 2.48. The summed E-state index contributed by atoms with van der Waals surface area (Å²) in [5.74, 6) is 0. The number of halogens is 2. The first kappa shape index (κ1) is 13.6. The van der Waals surface area contributed by atoms with Crippen molar-refractivity contribution in [3.8, 4) is 10.4 Å². The van der Waals surface area contributed by atoms with Crippen LogP contribution in [0.1, 0.15) is 0 Å². The lowest BCUT2D eigenvalue weighted by Crippen LogP contribution is -2.13. The van der Waals surface area contributed by atoms with E-state index in [2.05, 4.69) is 6.07 Å². The van der Waals surface area contributed by atoms with Gasteiger partial charge in [-0.05, 0) is 6.07 Å². The number of rotatable bonds is 2. The minimum atomic E-state index is -3.91. The average molecular weight is 322 g/mol. The van der Waals surface area contributed by atoms with Crippen LogP contribution in [-0.4, -0.2) is 8.42 Å². The van der Waals surface area contributed by atoms with Crippen molar-refractivity contribution in [2.45, 2.75) is 4.90 Å². The Morgan fingerprint density at radius 3 is 2.50 bits per heavy atom. The van der Waals surface area contributed by atoms with Crippen LogP contribution in [0.15, 0.2) is 23.1 Å². The number of primary sulfonamides is 1. The van der Waals surface area contributed by atoms with E-state index in [9.17, 15) is 8.42 Å². The molecule has 0 bridgehead atoms. The van der Waals surface area contributed by atoms with Gasteiger partial charge in [-0.3, -0.25) is 0 Å². The Hall–Kier alpha value is -0.790. The Bertz CT molecular complexity index is 691. The van der Waals surface area contributed by atoms with Crippen LogP contribution in [0.3, 0.4) is 0 Å². The van der Waals surface area contributed by atoms with Crippen molar-refractivity contribution < 1.29 is 8.42 Å². The second kappa shape index (κ2) is 4.71. The highest BCUT2D eigenvalue weighted by Crippen LogP contribution is 2.40. The number of thiophene rings is 1. The summed E-state index contributed by atoms with van der Waals surface area (Å²) in [6, 6.07) is 7.18. The van der Waals surface area contributed by atoms with Crippen molar-refractivity contribution >= 4 is 49.6 Å². The molecule has 0 unspecified atom stereocenters. The largest absolute Gasteiger partial charge is 0.389 e. The highest BCUT2D eigenvalue weighted by Gasteiger charge is 2.18. The Morgan fingerprint density at radius 1 is 1.33 bits per heavy atom. The number of benzene rings is 1. The molecule has 0 spiro atoms. The van der Waals surface area contributed by atoms with Crippen molar-refractivity contribution in [3.63, 3.8) is 0 Å². The fourth-order valence-corrected chi connectivity index (χ4v) is 3.70. The molecule has 1 aromatic carbocycles. The number of sulfonamides is 1. The Balaban J connectivity index is 2.67. The molecule has 1 heterocycles. The maximum Gasteiger partial charge on any atom is 0.240 e. The van der Waals surface area contributed by atoms with Crippen LogP contribution in [0, 0.1) is 6.07 Å². The number of nitrogen functional groups attached to an aromatic ring is 1. The molecular formula is C10H7Cl2N2O2S2. The molecule has 0 amide bonds. The van der Waals surface area contributed by atoms with E-state index in [1.807, 2.05) is 0 Å². The van der Waals surface area contributed by atoms with Crippen LogP contribution in [0.2, 0.25) is 10.0 Å². The van der Waals surface area contributed by atoms with Gasteiger partial charge in [0.1, 0.15) is 9.90 Å². The summed E-state index contributed by atoms with van der Waals surface area (Å²) >= 11 is 13.1. The fourth-order valence-electron chi connectivity index (χ4n) is 1.37. The highest BCUT2D eigenvalue weighted by molar-refractivity contribution is 7.89. The van der Waals surface area contributed by atoms with E-state index < -0.39 is 10.0 Å². The predicted octanol–water partition coefficient (Wildman–Crippen LogP) is 2.75. The Labute approximate surface area is 118 Å². The summed E-state index contributed by atoms with van der Waals surface area (Å²) in [5, 5.41) is 5.90. The smallest absolute Gasteiger partial charge is 0.240 e. The van der Waals surface area contributed by atoms with Gasteiger partial charge < -0.3 is 5.73 Å². The quantitative estimate of drug-likeness (QED) is 0.891. The van der Waals surface area contributed by atoms with Gasteiger partial charge in [0.05, 0.1) is 10.0 Å². The molecule has 0 saturated heterocycles. The molecule has 0 aliphatic rings. The Kier molecular flexibility index (Phi) is 3.57. The monoisotopic (exact) mass is 321 g/mol. The van der Waals surface area contributed by atoms with E-state index in [1.54, 1.807) is 12.1 Å². The van der Waals surface area contributed by atoms with Crippen LogP contribution < -0.4 is 10.9 Å². The standard InChI is InChI=1S/C10H7Cl2N2O2S2/c11-6-4-7(17-10(6)13)5-2-1-3-8(9(5)12)18(14,15)16/h1-2,4H,13H2,(H2,14,15,16). The highest BCUT2D eigenvalue weighted by atomic mass is 35.5. The van der Waals surface area contributed by atoms with Crippen molar-refractivity contribution in [2.24, 2.45) is 5.14 Å². The molecular weight excluding hydrogens is 315 g/mol. The van der Waals surface area contributed by atoms with Gasteiger partial charge in [0.2, 0.25) is 10.0 Å². The summed E-state index contributed by atoms with van der Waals surface area (Å²) in [6.07, 6.45) is 0. The van der Waals surface area contributed by atoms with Crippen LogP contribution in [0.5, 0.6) is 0 Å². The normalized spacial score (nSPS) is 11.7. The SMILES string of the molecule is Nc1sc(-c2cc[c]c(S(N)(=O)=O)c2Cl)cc1Cl. The molecule has 0 fully saturated rings. The van der Waals surface area contributed by atoms with Gasteiger partial charge in [-0.1, -0.05) is 35.3 Å². The Morgan fingerprint density at radius 2 is 2.00 bits per heavy atom. The van der Waals surface area contributed by atoms with Gasteiger partial charge in [-0.15, -0.1) is 11.3 Å². The molecule has 4 N–H and O–H groups in total. The molecule has 1 aromatic heterocycles. The second-order valence-corrected chi connectivity index (χ2v) is 6.77. The molecule has 2 aromatic rings. The average Bonchev–Trinajstić information content (AvgIpc) is 2.57. The zero-order valence-electron chi connectivity index (χ0n) is 8.78. The van der Waals surface area contributed by atoms with Gasteiger partial charge in [-0.2, -0.15) is 0 Å². The molecule has 0 saturated carbocycles. The summed E-state index contributed by atoms with van der Waals surface area (Å²) in [7, 11) is -3.91. The topological polar surface area (TPSA) is 86.2 Å². The van der Waals surface area contributed by atoms with E-state index in [1.165, 1.54) is 17.4 Å². The van der Waals surface area contributed by atoms with Crippen LogP contribution in [0.25, 0.3) is 10.4 Å². The van der Waals surface area contributed by atoms with Crippen molar-refractivity contribution in [1.29, 1.82) is 0 Å². The fraction of sp³-hybridized carbons (Fsp3) is 0. The van der Waals surface area contributed by atoms with E-state index in [4.69, 9.17) is 34.1 Å². The lowest BCUT2D eigenvalue weighted by molar-refractivity contribution is 0.597. The van der Waals surface area contributed by atoms with E-state index in [0.29, 0.717) is 20.5 Å². The number of hydrogen-bond donors (Lipinski definition) is 2. The molecule has 95 valence electrons. The summed E-state index contributed by atoms with van der Waals surface area (Å²) in [5.41, 5.74) is 6.15. The maximum atomic E-state index is 11.3. The van der Waals surface area contributed by atoms with Crippen molar-refractivity contribution in [2.75, 3.05) is 5.73 Å². The molecule has 0 atom stereocenters. The molecule has 1 radical (unpaired) electrons. The van der Waals surface area contributed by atoms with Gasteiger partial charge in [0.15, 0.2) is 0 Å². The first-order valence-corrected chi connectivity index (χ1v) is 7.70. The van der Waals surface area contributed by atoms with Crippen LogP contribution in [-0.2, 0) is 10.0 Å². The third-order valence-electron chi connectivity index (χ3n) is 2.16. The van der Waals surface area contributed by atoms with E-state index >= 15 is 0 Å². The maximum absolute atomic E-state index is 11.3. The molecule has 4 nitrogen and oxygen atoms in total.